The fourth-order valence-electron chi connectivity index (χ4n) is 1.90. The third kappa shape index (κ3) is 1.34. The number of hydrogen-bond donors (Lipinski definition) is 0. The molecule has 2 rings (SSSR count). The van der Waals surface area contributed by atoms with E-state index in [4.69, 9.17) is 9.47 Å². The summed E-state index contributed by atoms with van der Waals surface area (Å²) in [5.41, 5.74) is 0. The number of hydrogen-bond acceptors (Lipinski definition) is 2. The second-order valence-corrected chi connectivity index (χ2v) is 3.30. The summed E-state index contributed by atoms with van der Waals surface area (Å²) in [6.07, 6.45) is 3.21. The fourth-order valence-corrected chi connectivity index (χ4v) is 1.90. The van der Waals surface area contributed by atoms with Gasteiger partial charge < -0.3 is 9.47 Å². The Balaban J connectivity index is 1.92. The van der Waals surface area contributed by atoms with Gasteiger partial charge in [-0.3, -0.25) is 5.11 Å². The van der Waals surface area contributed by atoms with Gasteiger partial charge in [0.25, 0.3) is 0 Å². The van der Waals surface area contributed by atoms with Crippen LogP contribution in [0.1, 0.15) is 19.8 Å². The summed E-state index contributed by atoms with van der Waals surface area (Å²) in [7, 11) is 0. The van der Waals surface area contributed by atoms with Crippen molar-refractivity contribution < 1.29 is 14.6 Å². The lowest BCUT2D eigenvalue weighted by Gasteiger charge is -2.10. The summed E-state index contributed by atoms with van der Waals surface area (Å²) in [5, 5.41) is 10.9. The Kier molecular flexibility index (Phi) is 2.07. The number of fused-ring (bicyclic) bond motifs is 1. The summed E-state index contributed by atoms with van der Waals surface area (Å²) in [4.78, 5) is 0. The van der Waals surface area contributed by atoms with Crippen LogP contribution in [-0.2, 0) is 14.6 Å². The molecule has 3 atom stereocenters. The van der Waals surface area contributed by atoms with Crippen LogP contribution in [-0.4, -0.2) is 19.0 Å². The molecule has 2 aliphatic rings. The Bertz CT molecular complexity index is 200. The molecule has 1 fully saturated rings. The van der Waals surface area contributed by atoms with Gasteiger partial charge >= 0.3 is 0 Å². The van der Waals surface area contributed by atoms with Crippen LogP contribution >= 0.6 is 0 Å². The predicted molar refractivity (Wildman–Crippen MR) is 41.8 cm³/mol. The standard InChI is InChI=1S/C9H13O3/c1-2-11-9-4-6-3-7(10)5-8(6)12-9/h3,6,8-9H,2,4-5H2,1H3/t6-,8-,9?/m0/s1. The van der Waals surface area contributed by atoms with Crippen LogP contribution in [0, 0.1) is 5.92 Å². The number of ether oxygens (including phenoxy) is 2. The van der Waals surface area contributed by atoms with E-state index in [1.807, 2.05) is 6.92 Å². The highest BCUT2D eigenvalue weighted by Gasteiger charge is 2.39. The summed E-state index contributed by atoms with van der Waals surface area (Å²) in [6, 6.07) is 0. The predicted octanol–water partition coefficient (Wildman–Crippen LogP) is 1.47. The highest BCUT2D eigenvalue weighted by molar-refractivity contribution is 5.10. The zero-order chi connectivity index (χ0) is 8.55. The van der Waals surface area contributed by atoms with Crippen LogP contribution in [0.2, 0.25) is 0 Å². The molecule has 0 aromatic rings. The molecule has 1 heterocycles. The van der Waals surface area contributed by atoms with Crippen LogP contribution in [0.3, 0.4) is 0 Å². The van der Waals surface area contributed by atoms with Crippen LogP contribution in [0.25, 0.3) is 0 Å². The molecule has 0 aromatic carbocycles. The van der Waals surface area contributed by atoms with Gasteiger partial charge in [-0.25, -0.2) is 0 Å². The molecule has 0 aromatic heterocycles. The van der Waals surface area contributed by atoms with Crippen molar-refractivity contribution in [3.8, 4) is 0 Å². The minimum atomic E-state index is -0.0747. The van der Waals surface area contributed by atoms with Crippen molar-refractivity contribution in [1.82, 2.24) is 0 Å². The largest absolute Gasteiger partial charge is 0.353 e. The first kappa shape index (κ1) is 8.08. The smallest absolute Gasteiger partial charge is 0.158 e. The molecule has 3 nitrogen and oxygen atoms in total. The maximum Gasteiger partial charge on any atom is 0.158 e. The molecule has 0 amide bonds. The molecule has 1 saturated heterocycles. The summed E-state index contributed by atoms with van der Waals surface area (Å²) >= 11 is 0. The van der Waals surface area contributed by atoms with E-state index in [-0.39, 0.29) is 18.2 Å². The SMILES string of the molecule is CCOC1C[C@@H]2C=C([O])C[C@@H]2O1. The van der Waals surface area contributed by atoms with Crippen molar-refractivity contribution in [2.24, 2.45) is 5.92 Å². The highest BCUT2D eigenvalue weighted by Crippen LogP contribution is 2.37. The van der Waals surface area contributed by atoms with E-state index in [2.05, 4.69) is 0 Å². The molecule has 3 heteroatoms. The van der Waals surface area contributed by atoms with Crippen LogP contribution < -0.4 is 0 Å². The molecule has 1 aliphatic heterocycles. The molecule has 0 N–H and O–H groups in total. The molecular weight excluding hydrogens is 156 g/mol. The minimum absolute atomic E-state index is 0.0747. The third-order valence-corrected chi connectivity index (χ3v) is 2.42. The van der Waals surface area contributed by atoms with E-state index in [1.165, 1.54) is 0 Å². The summed E-state index contributed by atoms with van der Waals surface area (Å²) < 4.78 is 10.8. The van der Waals surface area contributed by atoms with Gasteiger partial charge in [0, 0.05) is 25.4 Å². The van der Waals surface area contributed by atoms with Gasteiger partial charge in [0.05, 0.1) is 6.10 Å². The first-order valence-corrected chi connectivity index (χ1v) is 4.44. The van der Waals surface area contributed by atoms with Crippen LogP contribution in [0.15, 0.2) is 11.8 Å². The van der Waals surface area contributed by atoms with E-state index in [9.17, 15) is 5.11 Å². The van der Waals surface area contributed by atoms with E-state index in [1.54, 1.807) is 6.08 Å². The van der Waals surface area contributed by atoms with Crippen molar-refractivity contribution >= 4 is 0 Å². The van der Waals surface area contributed by atoms with Gasteiger partial charge in [-0.05, 0) is 13.0 Å². The lowest BCUT2D eigenvalue weighted by molar-refractivity contribution is -0.130. The summed E-state index contributed by atoms with van der Waals surface area (Å²) in [6.45, 7) is 2.63. The second-order valence-electron chi connectivity index (χ2n) is 3.30. The fraction of sp³-hybridized carbons (Fsp3) is 0.778. The molecule has 12 heavy (non-hydrogen) atoms. The molecule has 0 spiro atoms. The lowest BCUT2D eigenvalue weighted by Crippen LogP contribution is -2.14. The maximum atomic E-state index is 10.9. The Hall–Kier alpha value is -0.540. The molecule has 1 aliphatic carbocycles. The quantitative estimate of drug-likeness (QED) is 0.627. The average molecular weight is 169 g/mol. The van der Waals surface area contributed by atoms with Gasteiger partial charge in [-0.2, -0.15) is 0 Å². The van der Waals surface area contributed by atoms with Gasteiger partial charge in [-0.1, -0.05) is 0 Å². The minimum Gasteiger partial charge on any atom is -0.353 e. The lowest BCUT2D eigenvalue weighted by atomic mass is 10.1. The molecule has 1 radical (unpaired) electrons. The Morgan fingerprint density at radius 2 is 2.58 bits per heavy atom. The topological polar surface area (TPSA) is 38.4 Å². The molecule has 1 unspecified atom stereocenters. The average Bonchev–Trinajstić information content (AvgIpc) is 2.44. The van der Waals surface area contributed by atoms with Crippen molar-refractivity contribution in [1.29, 1.82) is 0 Å². The zero-order valence-corrected chi connectivity index (χ0v) is 7.16. The molecular formula is C9H13O3. The van der Waals surface area contributed by atoms with Gasteiger partial charge in [-0.15, -0.1) is 0 Å². The van der Waals surface area contributed by atoms with E-state index in [0.717, 1.165) is 6.42 Å². The van der Waals surface area contributed by atoms with Crippen molar-refractivity contribution in [2.45, 2.75) is 32.2 Å². The van der Waals surface area contributed by atoms with E-state index in [0.29, 0.717) is 18.9 Å². The second kappa shape index (κ2) is 3.07. The Morgan fingerprint density at radius 1 is 1.75 bits per heavy atom. The van der Waals surface area contributed by atoms with Gasteiger partial charge in [0.1, 0.15) is 0 Å². The van der Waals surface area contributed by atoms with Crippen LogP contribution in [0.4, 0.5) is 0 Å². The number of rotatable bonds is 2. The third-order valence-electron chi connectivity index (χ3n) is 2.42. The monoisotopic (exact) mass is 169 g/mol. The van der Waals surface area contributed by atoms with Crippen LogP contribution in [0.5, 0.6) is 0 Å². The normalized spacial score (nSPS) is 39.8. The highest BCUT2D eigenvalue weighted by atomic mass is 16.7. The Labute approximate surface area is 72.0 Å². The zero-order valence-electron chi connectivity index (χ0n) is 7.16. The summed E-state index contributed by atoms with van der Waals surface area (Å²) in [5.74, 6) is 0.536. The van der Waals surface area contributed by atoms with Crippen molar-refractivity contribution in [3.05, 3.63) is 11.8 Å². The Morgan fingerprint density at radius 3 is 3.25 bits per heavy atom. The first-order valence-electron chi connectivity index (χ1n) is 4.44. The van der Waals surface area contributed by atoms with Gasteiger partial charge in [0.2, 0.25) is 0 Å². The van der Waals surface area contributed by atoms with E-state index >= 15 is 0 Å². The van der Waals surface area contributed by atoms with E-state index < -0.39 is 0 Å². The molecule has 67 valence electrons. The molecule has 0 saturated carbocycles. The first-order chi connectivity index (χ1) is 5.79. The van der Waals surface area contributed by atoms with Gasteiger partial charge in [0.15, 0.2) is 12.0 Å². The molecule has 0 bridgehead atoms. The van der Waals surface area contributed by atoms with Crippen molar-refractivity contribution in [3.63, 3.8) is 0 Å². The van der Waals surface area contributed by atoms with Crippen molar-refractivity contribution in [2.75, 3.05) is 6.61 Å². The maximum absolute atomic E-state index is 10.9.